The van der Waals surface area contributed by atoms with Gasteiger partial charge in [0.15, 0.2) is 0 Å². The van der Waals surface area contributed by atoms with Gasteiger partial charge >= 0.3 is 7.12 Å². The zero-order valence-electron chi connectivity index (χ0n) is 17.0. The second kappa shape index (κ2) is 6.86. The van der Waals surface area contributed by atoms with E-state index in [9.17, 15) is 0 Å². The quantitative estimate of drug-likeness (QED) is 0.638. The normalized spacial score (nSPS) is 22.0. The first kappa shape index (κ1) is 19.2. The van der Waals surface area contributed by atoms with Crippen molar-refractivity contribution < 1.29 is 9.31 Å². The van der Waals surface area contributed by atoms with Gasteiger partial charge in [0.05, 0.1) is 11.2 Å². The third-order valence-corrected chi connectivity index (χ3v) is 6.64. The molecule has 3 heteroatoms. The Balaban J connectivity index is 2.14. The molecular weight excluding hydrogens is 319 g/mol. The first-order chi connectivity index (χ1) is 12.2. The Labute approximate surface area is 159 Å². The average molecular weight is 350 g/mol. The minimum atomic E-state index is -0.344. The summed E-state index contributed by atoms with van der Waals surface area (Å²) in [5.41, 5.74) is 1.90. The Hall–Kier alpha value is -1.58. The van der Waals surface area contributed by atoms with Gasteiger partial charge in [-0.2, -0.15) is 0 Å². The Morgan fingerprint density at radius 1 is 0.846 bits per heavy atom. The van der Waals surface area contributed by atoms with Gasteiger partial charge in [-0.3, -0.25) is 0 Å². The highest BCUT2D eigenvalue weighted by atomic mass is 16.7. The van der Waals surface area contributed by atoms with Gasteiger partial charge in [-0.25, -0.2) is 0 Å². The zero-order chi connectivity index (χ0) is 19.0. The molecule has 0 amide bonds. The van der Waals surface area contributed by atoms with Gasteiger partial charge < -0.3 is 9.31 Å². The van der Waals surface area contributed by atoms with Crippen LogP contribution in [0.4, 0.5) is 0 Å². The van der Waals surface area contributed by atoms with Crippen LogP contribution in [0.15, 0.2) is 60.7 Å². The lowest BCUT2D eigenvalue weighted by atomic mass is 9.46. The average Bonchev–Trinajstić information content (AvgIpc) is 2.85. The van der Waals surface area contributed by atoms with E-state index in [0.29, 0.717) is 0 Å². The summed E-state index contributed by atoms with van der Waals surface area (Å²) in [7, 11) is -0.296. The third-order valence-electron chi connectivity index (χ3n) is 6.64. The Bertz CT molecular complexity index is 710. The summed E-state index contributed by atoms with van der Waals surface area (Å²) in [5.74, 6) is 0.255. The summed E-state index contributed by atoms with van der Waals surface area (Å²) in [5, 5.41) is -0.256. The van der Waals surface area contributed by atoms with Crippen LogP contribution in [0.1, 0.15) is 65.0 Å². The zero-order valence-corrected chi connectivity index (χ0v) is 17.0. The van der Waals surface area contributed by atoms with Gasteiger partial charge in [0.2, 0.25) is 0 Å². The molecule has 0 saturated carbocycles. The van der Waals surface area contributed by atoms with Crippen LogP contribution in [-0.2, 0) is 14.6 Å². The van der Waals surface area contributed by atoms with Crippen LogP contribution in [0, 0.1) is 0 Å². The lowest BCUT2D eigenvalue weighted by molar-refractivity contribution is 0.00578. The van der Waals surface area contributed by atoms with Gasteiger partial charge in [-0.1, -0.05) is 74.5 Å². The molecule has 3 rings (SSSR count). The number of hydrogen-bond acceptors (Lipinski definition) is 2. The molecule has 0 aliphatic carbocycles. The highest BCUT2D eigenvalue weighted by Gasteiger charge is 2.61. The first-order valence-electron chi connectivity index (χ1n) is 9.71. The molecule has 0 radical (unpaired) electrons. The van der Waals surface area contributed by atoms with Crippen LogP contribution in [0.2, 0.25) is 0 Å². The Kier molecular flexibility index (Phi) is 5.07. The molecule has 1 heterocycles. The summed E-state index contributed by atoms with van der Waals surface area (Å²) in [6, 6.07) is 21.4. The lowest BCUT2D eigenvalue weighted by Gasteiger charge is -2.41. The first-order valence-corrected chi connectivity index (χ1v) is 9.71. The van der Waals surface area contributed by atoms with Crippen molar-refractivity contribution in [1.29, 1.82) is 0 Å². The van der Waals surface area contributed by atoms with E-state index in [2.05, 4.69) is 102 Å². The second-order valence-corrected chi connectivity index (χ2v) is 8.48. The number of rotatable bonds is 5. The van der Waals surface area contributed by atoms with Gasteiger partial charge in [0.1, 0.15) is 0 Å². The SMILES string of the molecule is CCC(B1OC(C)(C)C(C)(C)O1)(c1ccccc1)C(C)c1ccccc1. The van der Waals surface area contributed by atoms with Crippen LogP contribution in [0.5, 0.6) is 0 Å². The fraction of sp³-hybridized carbons (Fsp3) is 0.478. The highest BCUT2D eigenvalue weighted by Crippen LogP contribution is 2.50. The predicted octanol–water partition coefficient (Wildman–Crippen LogP) is 5.77. The molecule has 1 aliphatic heterocycles. The van der Waals surface area contributed by atoms with Gasteiger partial charge in [0, 0.05) is 5.31 Å². The number of hydrogen-bond donors (Lipinski definition) is 0. The van der Waals surface area contributed by atoms with Crippen molar-refractivity contribution >= 4 is 7.12 Å². The van der Waals surface area contributed by atoms with Crippen molar-refractivity contribution in [3.8, 4) is 0 Å². The molecule has 0 N–H and O–H groups in total. The highest BCUT2D eigenvalue weighted by molar-refractivity contribution is 6.50. The molecule has 138 valence electrons. The van der Waals surface area contributed by atoms with Crippen molar-refractivity contribution in [3.63, 3.8) is 0 Å². The molecule has 0 aromatic heterocycles. The fourth-order valence-corrected chi connectivity index (χ4v) is 4.11. The molecule has 1 saturated heterocycles. The van der Waals surface area contributed by atoms with E-state index in [4.69, 9.17) is 9.31 Å². The maximum Gasteiger partial charge on any atom is 0.469 e. The molecule has 26 heavy (non-hydrogen) atoms. The molecular formula is C23H31BO2. The van der Waals surface area contributed by atoms with E-state index in [0.717, 1.165) is 6.42 Å². The molecule has 2 aromatic carbocycles. The largest absolute Gasteiger partial charge is 0.469 e. The fourth-order valence-electron chi connectivity index (χ4n) is 4.11. The minimum Gasteiger partial charge on any atom is -0.403 e. The van der Waals surface area contributed by atoms with Crippen molar-refractivity contribution in [2.75, 3.05) is 0 Å². The van der Waals surface area contributed by atoms with Crippen LogP contribution in [0.3, 0.4) is 0 Å². The standard InChI is InChI=1S/C23H31BO2/c1-7-23(20-16-12-9-13-17-20,18(2)19-14-10-8-11-15-19)24-25-21(3,4)22(5,6)26-24/h8-18H,7H2,1-6H3. The summed E-state index contributed by atoms with van der Waals surface area (Å²) in [6.45, 7) is 13.1. The van der Waals surface area contributed by atoms with Crippen LogP contribution in [0.25, 0.3) is 0 Å². The second-order valence-electron chi connectivity index (χ2n) is 8.48. The van der Waals surface area contributed by atoms with Gasteiger partial charge in [0.25, 0.3) is 0 Å². The molecule has 2 unspecified atom stereocenters. The van der Waals surface area contributed by atoms with Crippen molar-refractivity contribution in [2.24, 2.45) is 0 Å². The molecule has 2 aromatic rings. The Morgan fingerprint density at radius 3 is 1.77 bits per heavy atom. The molecule has 2 atom stereocenters. The molecule has 1 fully saturated rings. The minimum absolute atomic E-state index is 0.255. The maximum absolute atomic E-state index is 6.60. The smallest absolute Gasteiger partial charge is 0.403 e. The lowest BCUT2D eigenvalue weighted by Crippen LogP contribution is -2.49. The van der Waals surface area contributed by atoms with E-state index < -0.39 is 0 Å². The van der Waals surface area contributed by atoms with E-state index in [1.54, 1.807) is 0 Å². The van der Waals surface area contributed by atoms with Crippen molar-refractivity contribution in [1.82, 2.24) is 0 Å². The van der Waals surface area contributed by atoms with Gasteiger partial charge in [-0.15, -0.1) is 0 Å². The maximum atomic E-state index is 6.60. The monoisotopic (exact) mass is 350 g/mol. The van der Waals surface area contributed by atoms with Crippen LogP contribution >= 0.6 is 0 Å². The van der Waals surface area contributed by atoms with Crippen molar-refractivity contribution in [3.05, 3.63) is 71.8 Å². The van der Waals surface area contributed by atoms with Crippen molar-refractivity contribution in [2.45, 2.75) is 70.4 Å². The van der Waals surface area contributed by atoms with Crippen LogP contribution in [-0.4, -0.2) is 18.3 Å². The topological polar surface area (TPSA) is 18.5 Å². The summed E-state index contributed by atoms with van der Waals surface area (Å²) >= 11 is 0. The molecule has 2 nitrogen and oxygen atoms in total. The summed E-state index contributed by atoms with van der Waals surface area (Å²) in [4.78, 5) is 0. The van der Waals surface area contributed by atoms with Crippen LogP contribution < -0.4 is 0 Å². The van der Waals surface area contributed by atoms with E-state index in [1.807, 2.05) is 0 Å². The predicted molar refractivity (Wildman–Crippen MR) is 109 cm³/mol. The van der Waals surface area contributed by atoms with E-state index in [-0.39, 0.29) is 29.6 Å². The molecule has 1 aliphatic rings. The third kappa shape index (κ3) is 3.02. The van der Waals surface area contributed by atoms with Gasteiger partial charge in [-0.05, 0) is 51.2 Å². The summed E-state index contributed by atoms with van der Waals surface area (Å²) < 4.78 is 13.2. The summed E-state index contributed by atoms with van der Waals surface area (Å²) in [6.07, 6.45) is 0.934. The van der Waals surface area contributed by atoms with E-state index >= 15 is 0 Å². The molecule has 0 spiro atoms. The molecule has 0 bridgehead atoms. The van der Waals surface area contributed by atoms with E-state index in [1.165, 1.54) is 11.1 Å². The Morgan fingerprint density at radius 2 is 1.31 bits per heavy atom. The number of benzene rings is 2.